The van der Waals surface area contributed by atoms with Crippen molar-refractivity contribution in [2.45, 2.75) is 436 Å². The zero-order valence-electron chi connectivity index (χ0n) is 57.6. The molecule has 1 fully saturated rings. The van der Waals surface area contributed by atoms with Crippen LogP contribution in [0.4, 0.5) is 0 Å². The third-order valence-electron chi connectivity index (χ3n) is 18.5. The van der Waals surface area contributed by atoms with Crippen molar-refractivity contribution >= 4 is 16.3 Å². The number of amides is 1. The van der Waals surface area contributed by atoms with E-state index in [1.165, 1.54) is 308 Å². The number of unbranched alkanes of at least 4 members (excludes halogenated alkanes) is 53. The summed E-state index contributed by atoms with van der Waals surface area (Å²) < 4.78 is 48.2. The SMILES string of the molecule is CCCCCCCCCCCCCCCCC/C=C\C/C=C\CCCCCCCCCCCCCCCCCCCC(=O)NC(COC1OC(CO)C(O)C(OS(=O)(=O)O)C1O)C(O)CCCCCCCCCCCCCCCCCCCCCCCC. The fraction of sp³-hybridized carbons (Fsp3) is 0.933. The predicted molar refractivity (Wildman–Crippen MR) is 370 cm³/mol. The van der Waals surface area contributed by atoms with E-state index < -0.39 is 59.9 Å². The summed E-state index contributed by atoms with van der Waals surface area (Å²) >= 11 is 0. The number of aliphatic hydroxyl groups is 4. The molecule has 7 atom stereocenters. The van der Waals surface area contributed by atoms with E-state index >= 15 is 0 Å². The molecule has 0 aromatic heterocycles. The average molecular weight is 1270 g/mol. The normalized spacial score (nSPS) is 18.1. The summed E-state index contributed by atoms with van der Waals surface area (Å²) in [5.74, 6) is -0.222. The molecule has 1 rings (SSSR count). The zero-order chi connectivity index (χ0) is 63.9. The van der Waals surface area contributed by atoms with E-state index in [4.69, 9.17) is 9.47 Å². The minimum atomic E-state index is -5.09. The van der Waals surface area contributed by atoms with E-state index in [0.717, 1.165) is 57.8 Å². The first kappa shape index (κ1) is 84.6. The highest BCUT2D eigenvalue weighted by atomic mass is 32.3. The number of hydrogen-bond acceptors (Lipinski definition) is 10. The molecule has 0 aromatic rings. The Morgan fingerprint density at radius 1 is 0.455 bits per heavy atom. The van der Waals surface area contributed by atoms with Crippen LogP contribution >= 0.6 is 0 Å². The number of hydrogen-bond donors (Lipinski definition) is 6. The molecule has 12 nitrogen and oxygen atoms in total. The van der Waals surface area contributed by atoms with Gasteiger partial charge in [-0.2, -0.15) is 8.42 Å². The molecule has 1 amide bonds. The van der Waals surface area contributed by atoms with Gasteiger partial charge < -0.3 is 35.2 Å². The van der Waals surface area contributed by atoms with Gasteiger partial charge in [-0.05, 0) is 44.9 Å². The number of aliphatic hydroxyl groups excluding tert-OH is 4. The second-order valence-corrected chi connectivity index (χ2v) is 28.0. The highest BCUT2D eigenvalue weighted by molar-refractivity contribution is 7.80. The third kappa shape index (κ3) is 55.1. The highest BCUT2D eigenvalue weighted by Crippen LogP contribution is 2.27. The van der Waals surface area contributed by atoms with Crippen LogP contribution < -0.4 is 5.32 Å². The highest BCUT2D eigenvalue weighted by Gasteiger charge is 2.48. The first-order chi connectivity index (χ1) is 43.0. The fourth-order valence-electron chi connectivity index (χ4n) is 12.7. The molecule has 1 aliphatic rings. The van der Waals surface area contributed by atoms with Gasteiger partial charge in [-0.15, -0.1) is 0 Å². The quantitative estimate of drug-likeness (QED) is 0.0193. The zero-order valence-corrected chi connectivity index (χ0v) is 58.4. The van der Waals surface area contributed by atoms with E-state index in [9.17, 15) is 38.2 Å². The Kier molecular flexibility index (Phi) is 61.8. The summed E-state index contributed by atoms with van der Waals surface area (Å²) in [4.78, 5) is 13.2. The summed E-state index contributed by atoms with van der Waals surface area (Å²) in [6.45, 7) is 3.53. The van der Waals surface area contributed by atoms with E-state index in [-0.39, 0.29) is 12.5 Å². The molecule has 13 heteroatoms. The topological polar surface area (TPSA) is 192 Å². The number of nitrogens with one attached hydrogen (secondary N) is 1. The van der Waals surface area contributed by atoms with E-state index in [1.54, 1.807) is 0 Å². The maximum Gasteiger partial charge on any atom is 0.397 e. The van der Waals surface area contributed by atoms with Crippen LogP contribution in [0.5, 0.6) is 0 Å². The molecular weight excluding hydrogens is 1120 g/mol. The van der Waals surface area contributed by atoms with Crippen LogP contribution in [0.2, 0.25) is 0 Å². The van der Waals surface area contributed by atoms with Crippen LogP contribution in [0.1, 0.15) is 393 Å². The van der Waals surface area contributed by atoms with Gasteiger partial charge in [-0.1, -0.05) is 366 Å². The number of ether oxygens (including phenoxy) is 2. The molecule has 0 radical (unpaired) electrons. The molecule has 0 spiro atoms. The lowest BCUT2D eigenvalue weighted by molar-refractivity contribution is -0.298. The molecule has 1 saturated heterocycles. The van der Waals surface area contributed by atoms with Crippen LogP contribution in [0.15, 0.2) is 24.3 Å². The Morgan fingerprint density at radius 2 is 0.761 bits per heavy atom. The molecule has 0 aromatic carbocycles. The molecule has 1 heterocycles. The summed E-state index contributed by atoms with van der Waals surface area (Å²) in [5.41, 5.74) is 0. The average Bonchev–Trinajstić information content (AvgIpc) is 2.03. The fourth-order valence-corrected chi connectivity index (χ4v) is 13.2. The first-order valence-electron chi connectivity index (χ1n) is 38.2. The van der Waals surface area contributed by atoms with Crippen LogP contribution in [0, 0.1) is 0 Å². The Bertz CT molecular complexity index is 1630. The van der Waals surface area contributed by atoms with E-state index in [0.29, 0.717) is 12.8 Å². The number of carbonyl (C=O) groups excluding carboxylic acids is 1. The first-order valence-corrected chi connectivity index (χ1v) is 39.6. The molecular formula is C75H145NO11S. The van der Waals surface area contributed by atoms with Gasteiger partial charge in [0.05, 0.1) is 25.4 Å². The largest absolute Gasteiger partial charge is 0.397 e. The molecule has 1 aliphatic heterocycles. The van der Waals surface area contributed by atoms with Crippen LogP contribution in [-0.2, 0) is 28.9 Å². The van der Waals surface area contributed by atoms with Gasteiger partial charge in [0.25, 0.3) is 0 Å². The number of allylic oxidation sites excluding steroid dienone is 4. The Hall–Kier alpha value is -1.42. The van der Waals surface area contributed by atoms with E-state index in [2.05, 4.69) is 47.7 Å². The van der Waals surface area contributed by atoms with Crippen molar-refractivity contribution in [3.05, 3.63) is 24.3 Å². The second-order valence-electron chi connectivity index (χ2n) is 26.9. The van der Waals surface area contributed by atoms with Crippen molar-refractivity contribution in [3.8, 4) is 0 Å². The minimum Gasteiger partial charge on any atom is -0.394 e. The summed E-state index contributed by atoms with van der Waals surface area (Å²) in [5, 5.41) is 45.4. The van der Waals surface area contributed by atoms with Crippen molar-refractivity contribution in [1.29, 1.82) is 0 Å². The second kappa shape index (κ2) is 64.3. The molecule has 0 bridgehead atoms. The monoisotopic (exact) mass is 1270 g/mol. The van der Waals surface area contributed by atoms with Crippen molar-refractivity contribution in [2.75, 3.05) is 13.2 Å². The maximum absolute atomic E-state index is 13.2. The summed E-state index contributed by atoms with van der Waals surface area (Å²) in [6, 6.07) is -0.859. The molecule has 0 aliphatic carbocycles. The van der Waals surface area contributed by atoms with Gasteiger partial charge in [0, 0.05) is 6.42 Å². The standard InChI is InChI=1S/C75H145NO11S/c1-3-5-7-9-11-13-15-17-19-21-23-25-27-28-29-30-31-32-33-34-35-36-37-38-39-40-41-42-43-45-47-49-51-53-55-57-59-61-63-65-71(79)76-68(67-85-75-73(81)74(87-88(82,83)84)72(80)70(66-77)86-75)69(78)64-62-60-58-56-54-52-50-48-46-44-26-24-22-20-18-16-14-12-10-8-6-4-2/h31-32,34-35,68-70,72-75,77-78,80-81H,3-30,33,36-67H2,1-2H3,(H,76,79)(H,82,83,84)/b32-31-,35-34-. The van der Waals surface area contributed by atoms with Gasteiger partial charge in [-0.25, -0.2) is 4.18 Å². The van der Waals surface area contributed by atoms with Gasteiger partial charge in [-0.3, -0.25) is 9.35 Å². The van der Waals surface area contributed by atoms with Crippen LogP contribution in [-0.4, -0.2) is 95.4 Å². The lowest BCUT2D eigenvalue weighted by Gasteiger charge is -2.41. The van der Waals surface area contributed by atoms with Crippen LogP contribution in [0.3, 0.4) is 0 Å². The molecule has 7 unspecified atom stereocenters. The molecule has 88 heavy (non-hydrogen) atoms. The smallest absolute Gasteiger partial charge is 0.394 e. The Labute approximate surface area is 543 Å². The van der Waals surface area contributed by atoms with Crippen molar-refractivity contribution in [3.63, 3.8) is 0 Å². The summed E-state index contributed by atoms with van der Waals surface area (Å²) in [6.07, 6.45) is 75.3. The summed E-state index contributed by atoms with van der Waals surface area (Å²) in [7, 11) is -5.09. The van der Waals surface area contributed by atoms with Gasteiger partial charge in [0.2, 0.25) is 5.91 Å². The predicted octanol–water partition coefficient (Wildman–Crippen LogP) is 20.6. The number of carbonyl (C=O) groups is 1. The Morgan fingerprint density at radius 3 is 1.08 bits per heavy atom. The van der Waals surface area contributed by atoms with Crippen molar-refractivity contribution in [1.82, 2.24) is 5.32 Å². The lowest BCUT2D eigenvalue weighted by atomic mass is 9.99. The maximum atomic E-state index is 13.2. The molecule has 522 valence electrons. The van der Waals surface area contributed by atoms with E-state index in [1.807, 2.05) is 0 Å². The van der Waals surface area contributed by atoms with Crippen molar-refractivity contribution < 1.29 is 51.8 Å². The molecule has 6 N–H and O–H groups in total. The van der Waals surface area contributed by atoms with Gasteiger partial charge >= 0.3 is 10.4 Å². The lowest BCUT2D eigenvalue weighted by Crippen LogP contribution is -2.61. The van der Waals surface area contributed by atoms with Crippen molar-refractivity contribution in [2.24, 2.45) is 0 Å². The van der Waals surface area contributed by atoms with Gasteiger partial charge in [0.15, 0.2) is 6.29 Å². The third-order valence-corrected chi connectivity index (χ3v) is 19.0. The van der Waals surface area contributed by atoms with Crippen LogP contribution in [0.25, 0.3) is 0 Å². The van der Waals surface area contributed by atoms with Gasteiger partial charge in [0.1, 0.15) is 24.4 Å². The molecule has 0 saturated carbocycles. The Balaban J connectivity index is 2.15. The number of rotatable bonds is 69. The minimum absolute atomic E-state index is 0.222.